The molecule has 0 fully saturated rings. The fourth-order valence-corrected chi connectivity index (χ4v) is 3.41. The largest absolute Gasteiger partial charge is 0.396 e. The molecule has 0 aliphatic heterocycles. The first-order chi connectivity index (χ1) is 8.83. The first-order valence-corrected chi connectivity index (χ1v) is 8.15. The first kappa shape index (κ1) is 13.9. The van der Waals surface area contributed by atoms with Crippen LogP contribution >= 0.6 is 11.8 Å². The first-order valence-electron chi connectivity index (χ1n) is 6.76. The van der Waals surface area contributed by atoms with Gasteiger partial charge in [-0.3, -0.25) is 0 Å². The summed E-state index contributed by atoms with van der Waals surface area (Å²) in [5.74, 6) is 1.08. The number of hydrogen-bond acceptors (Lipinski definition) is 3. The number of benzene rings is 1. The minimum atomic E-state index is 0.279. The maximum atomic E-state index is 9.10. The lowest BCUT2D eigenvalue weighted by Crippen LogP contribution is -2.43. The van der Waals surface area contributed by atoms with E-state index in [-0.39, 0.29) is 6.61 Å². The van der Waals surface area contributed by atoms with Crippen LogP contribution in [0.4, 0.5) is 0 Å². The standard InChI is InChI=1S/C15H23NOS/c1-18-11-15(8-9-17)16-14-7-6-12-4-2-3-5-13(12)10-14/h2-5,14-17H,6-11H2,1H3/t14-,15+/m0/s1. The summed E-state index contributed by atoms with van der Waals surface area (Å²) in [6.07, 6.45) is 6.51. The van der Waals surface area contributed by atoms with Crippen molar-refractivity contribution in [2.75, 3.05) is 18.6 Å². The van der Waals surface area contributed by atoms with E-state index in [1.165, 1.54) is 24.0 Å². The topological polar surface area (TPSA) is 32.3 Å². The molecule has 1 aromatic carbocycles. The molecule has 2 N–H and O–H groups in total. The van der Waals surface area contributed by atoms with Crippen molar-refractivity contribution in [2.45, 2.75) is 37.8 Å². The van der Waals surface area contributed by atoms with Gasteiger partial charge in [-0.25, -0.2) is 0 Å². The Morgan fingerprint density at radius 1 is 1.39 bits per heavy atom. The third-order valence-electron chi connectivity index (χ3n) is 3.66. The van der Waals surface area contributed by atoms with Crippen LogP contribution in [0.2, 0.25) is 0 Å². The molecular formula is C15H23NOS. The minimum absolute atomic E-state index is 0.279. The van der Waals surface area contributed by atoms with Gasteiger partial charge in [0, 0.05) is 24.4 Å². The highest BCUT2D eigenvalue weighted by atomic mass is 32.2. The average molecular weight is 265 g/mol. The molecule has 100 valence electrons. The molecule has 18 heavy (non-hydrogen) atoms. The monoisotopic (exact) mass is 265 g/mol. The number of nitrogens with one attached hydrogen (secondary N) is 1. The van der Waals surface area contributed by atoms with Crippen molar-refractivity contribution in [2.24, 2.45) is 0 Å². The number of thioether (sulfide) groups is 1. The van der Waals surface area contributed by atoms with E-state index in [2.05, 4.69) is 35.8 Å². The Labute approximate surface area is 114 Å². The number of fused-ring (bicyclic) bond motifs is 1. The predicted octanol–water partition coefficient (Wildman–Crippen LogP) is 2.25. The van der Waals surface area contributed by atoms with Crippen molar-refractivity contribution >= 4 is 11.8 Å². The zero-order valence-corrected chi connectivity index (χ0v) is 11.9. The van der Waals surface area contributed by atoms with Crippen LogP contribution in [0.25, 0.3) is 0 Å². The second-order valence-electron chi connectivity index (χ2n) is 5.04. The third kappa shape index (κ3) is 3.74. The molecule has 1 aromatic rings. The number of aliphatic hydroxyl groups is 1. The molecule has 0 heterocycles. The Hall–Kier alpha value is -0.510. The summed E-state index contributed by atoms with van der Waals surface area (Å²) in [4.78, 5) is 0. The van der Waals surface area contributed by atoms with Crippen LogP contribution in [0, 0.1) is 0 Å². The molecule has 0 spiro atoms. The van der Waals surface area contributed by atoms with Crippen molar-refractivity contribution in [3.05, 3.63) is 35.4 Å². The van der Waals surface area contributed by atoms with Gasteiger partial charge in [0.25, 0.3) is 0 Å². The average Bonchev–Trinajstić information content (AvgIpc) is 2.39. The van der Waals surface area contributed by atoms with E-state index >= 15 is 0 Å². The summed E-state index contributed by atoms with van der Waals surface area (Å²) < 4.78 is 0. The van der Waals surface area contributed by atoms with Gasteiger partial charge >= 0.3 is 0 Å². The Bertz CT molecular complexity index is 363. The van der Waals surface area contributed by atoms with Gasteiger partial charge in [0.2, 0.25) is 0 Å². The number of aryl methyl sites for hydroxylation is 1. The predicted molar refractivity (Wildman–Crippen MR) is 79.3 cm³/mol. The van der Waals surface area contributed by atoms with Gasteiger partial charge in [-0.05, 0) is 43.1 Å². The van der Waals surface area contributed by atoms with Crippen LogP contribution in [-0.2, 0) is 12.8 Å². The summed E-state index contributed by atoms with van der Waals surface area (Å²) in [5.41, 5.74) is 3.01. The van der Waals surface area contributed by atoms with Gasteiger partial charge in [0.05, 0.1) is 0 Å². The maximum Gasteiger partial charge on any atom is 0.0446 e. The molecule has 0 unspecified atom stereocenters. The fraction of sp³-hybridized carbons (Fsp3) is 0.600. The maximum absolute atomic E-state index is 9.10. The fourth-order valence-electron chi connectivity index (χ4n) is 2.75. The quantitative estimate of drug-likeness (QED) is 0.827. The number of aliphatic hydroxyl groups excluding tert-OH is 1. The van der Waals surface area contributed by atoms with Crippen molar-refractivity contribution in [3.8, 4) is 0 Å². The zero-order chi connectivity index (χ0) is 12.8. The highest BCUT2D eigenvalue weighted by Crippen LogP contribution is 2.21. The Morgan fingerprint density at radius 3 is 2.89 bits per heavy atom. The van der Waals surface area contributed by atoms with Gasteiger partial charge in [0.15, 0.2) is 0 Å². The van der Waals surface area contributed by atoms with E-state index in [1.807, 2.05) is 11.8 Å². The molecule has 2 atom stereocenters. The second kappa shape index (κ2) is 7.17. The van der Waals surface area contributed by atoms with Gasteiger partial charge < -0.3 is 10.4 Å². The third-order valence-corrected chi connectivity index (χ3v) is 4.40. The van der Waals surface area contributed by atoms with Gasteiger partial charge in [-0.15, -0.1) is 0 Å². The lowest BCUT2D eigenvalue weighted by atomic mass is 9.88. The Kier molecular flexibility index (Phi) is 5.54. The van der Waals surface area contributed by atoms with Crippen LogP contribution < -0.4 is 5.32 Å². The van der Waals surface area contributed by atoms with Crippen molar-refractivity contribution in [1.29, 1.82) is 0 Å². The van der Waals surface area contributed by atoms with Gasteiger partial charge in [-0.1, -0.05) is 24.3 Å². The van der Waals surface area contributed by atoms with Crippen molar-refractivity contribution < 1.29 is 5.11 Å². The van der Waals surface area contributed by atoms with E-state index in [0.717, 1.165) is 18.6 Å². The highest BCUT2D eigenvalue weighted by molar-refractivity contribution is 7.98. The molecule has 0 bridgehead atoms. The van der Waals surface area contributed by atoms with Gasteiger partial charge in [0.1, 0.15) is 0 Å². The smallest absolute Gasteiger partial charge is 0.0446 e. The number of rotatable bonds is 6. The molecule has 2 rings (SSSR count). The summed E-state index contributed by atoms with van der Waals surface area (Å²) >= 11 is 1.85. The zero-order valence-electron chi connectivity index (χ0n) is 11.1. The molecule has 2 nitrogen and oxygen atoms in total. The van der Waals surface area contributed by atoms with E-state index in [9.17, 15) is 0 Å². The second-order valence-corrected chi connectivity index (χ2v) is 5.95. The SMILES string of the molecule is CSC[C@@H](CCO)N[C@H]1CCc2ccccc2C1. The van der Waals surface area contributed by atoms with E-state index in [1.54, 1.807) is 0 Å². The Balaban J connectivity index is 1.91. The minimum Gasteiger partial charge on any atom is -0.396 e. The lowest BCUT2D eigenvalue weighted by molar-refractivity contribution is 0.261. The molecule has 1 aliphatic carbocycles. The van der Waals surface area contributed by atoms with Crippen LogP contribution in [0.1, 0.15) is 24.0 Å². The lowest BCUT2D eigenvalue weighted by Gasteiger charge is -2.29. The molecule has 0 amide bonds. The van der Waals surface area contributed by atoms with E-state index in [0.29, 0.717) is 12.1 Å². The normalized spacial score (nSPS) is 20.4. The van der Waals surface area contributed by atoms with Crippen molar-refractivity contribution in [3.63, 3.8) is 0 Å². The van der Waals surface area contributed by atoms with Crippen molar-refractivity contribution in [1.82, 2.24) is 5.32 Å². The summed E-state index contributed by atoms with van der Waals surface area (Å²) in [7, 11) is 0. The Morgan fingerprint density at radius 2 is 2.17 bits per heavy atom. The molecule has 0 saturated heterocycles. The van der Waals surface area contributed by atoms with Gasteiger partial charge in [-0.2, -0.15) is 11.8 Å². The molecule has 3 heteroatoms. The summed E-state index contributed by atoms with van der Waals surface area (Å²) in [6.45, 7) is 0.279. The molecule has 1 aliphatic rings. The molecule has 0 saturated carbocycles. The number of hydrogen-bond donors (Lipinski definition) is 2. The van der Waals surface area contributed by atoms with E-state index in [4.69, 9.17) is 5.11 Å². The van der Waals surface area contributed by atoms with Crippen LogP contribution in [0.15, 0.2) is 24.3 Å². The summed E-state index contributed by atoms with van der Waals surface area (Å²) in [6, 6.07) is 9.78. The highest BCUT2D eigenvalue weighted by Gasteiger charge is 2.20. The molecule has 0 radical (unpaired) electrons. The van der Waals surface area contributed by atoms with Crippen LogP contribution in [0.3, 0.4) is 0 Å². The van der Waals surface area contributed by atoms with Crippen LogP contribution in [0.5, 0.6) is 0 Å². The summed E-state index contributed by atoms with van der Waals surface area (Å²) in [5, 5.41) is 12.8. The van der Waals surface area contributed by atoms with E-state index < -0.39 is 0 Å². The van der Waals surface area contributed by atoms with Crippen LogP contribution in [-0.4, -0.2) is 35.8 Å². The molecular weight excluding hydrogens is 242 g/mol. The molecule has 0 aromatic heterocycles.